The first-order valence-corrected chi connectivity index (χ1v) is 10.2. The summed E-state index contributed by atoms with van der Waals surface area (Å²) >= 11 is 0. The molecule has 2 heteroatoms. The first-order valence-electron chi connectivity index (χ1n) is 10.2. The molecule has 2 nitrogen and oxygen atoms in total. The topological polar surface area (TPSA) is 40.5 Å². The van der Waals surface area contributed by atoms with Crippen LogP contribution in [0.3, 0.4) is 0 Å². The van der Waals surface area contributed by atoms with Crippen molar-refractivity contribution in [1.29, 1.82) is 0 Å². The predicted octanol–water partition coefficient (Wildman–Crippen LogP) is 4.39. The van der Waals surface area contributed by atoms with E-state index >= 15 is 0 Å². The lowest BCUT2D eigenvalue weighted by Crippen LogP contribution is -2.51. The van der Waals surface area contributed by atoms with E-state index in [0.717, 1.165) is 42.4 Å². The Morgan fingerprint density at radius 3 is 2.35 bits per heavy atom. The summed E-state index contributed by atoms with van der Waals surface area (Å²) in [6.45, 7) is 6.57. The Morgan fingerprint density at radius 1 is 0.870 bits per heavy atom. The van der Waals surface area contributed by atoms with Gasteiger partial charge in [-0.3, -0.25) is 0 Å². The van der Waals surface area contributed by atoms with Crippen LogP contribution in [-0.2, 0) is 0 Å². The zero-order valence-corrected chi connectivity index (χ0v) is 15.3. The van der Waals surface area contributed by atoms with Gasteiger partial charge in [0.25, 0.3) is 0 Å². The van der Waals surface area contributed by atoms with Crippen LogP contribution in [-0.4, -0.2) is 21.9 Å². The van der Waals surface area contributed by atoms with Crippen molar-refractivity contribution in [2.45, 2.75) is 90.3 Å². The fourth-order valence-corrected chi connectivity index (χ4v) is 7.91. The molecular weight excluding hydrogens is 284 g/mol. The van der Waals surface area contributed by atoms with Gasteiger partial charge in [-0.2, -0.15) is 0 Å². The molecule has 4 aliphatic carbocycles. The van der Waals surface area contributed by atoms with Crippen molar-refractivity contribution < 1.29 is 10.2 Å². The lowest BCUT2D eigenvalue weighted by Gasteiger charge is -2.57. The van der Waals surface area contributed by atoms with Gasteiger partial charge in [-0.05, 0) is 113 Å². The minimum atomic E-state index is -0.401. The number of hydrogen-bond donors (Lipinski definition) is 2. The smallest absolute Gasteiger partial charge is 0.0622 e. The average molecular weight is 321 g/mol. The molecule has 0 bridgehead atoms. The molecule has 4 aliphatic rings. The van der Waals surface area contributed by atoms with Gasteiger partial charge >= 0.3 is 0 Å². The molecule has 4 fully saturated rings. The minimum Gasteiger partial charge on any atom is -0.393 e. The molecule has 4 saturated carbocycles. The van der Waals surface area contributed by atoms with Gasteiger partial charge in [0.1, 0.15) is 0 Å². The Bertz CT molecular complexity index is 457. The maximum Gasteiger partial charge on any atom is 0.0622 e. The lowest BCUT2D eigenvalue weighted by molar-refractivity contribution is -0.106. The van der Waals surface area contributed by atoms with Crippen molar-refractivity contribution in [2.75, 3.05) is 0 Å². The van der Waals surface area contributed by atoms with E-state index < -0.39 is 5.60 Å². The van der Waals surface area contributed by atoms with E-state index in [1.54, 1.807) is 0 Å². The van der Waals surface area contributed by atoms with Crippen LogP contribution in [0.25, 0.3) is 0 Å². The summed E-state index contributed by atoms with van der Waals surface area (Å²) in [6.07, 6.45) is 11.2. The fourth-order valence-electron chi connectivity index (χ4n) is 7.91. The van der Waals surface area contributed by atoms with Gasteiger partial charge in [-0.15, -0.1) is 0 Å². The molecular formula is C21H36O2. The zero-order chi connectivity index (χ0) is 16.4. The monoisotopic (exact) mass is 320 g/mol. The number of hydrogen-bond acceptors (Lipinski definition) is 2. The van der Waals surface area contributed by atoms with E-state index in [-0.39, 0.29) is 6.10 Å². The zero-order valence-electron chi connectivity index (χ0n) is 15.3. The third kappa shape index (κ3) is 2.51. The van der Waals surface area contributed by atoms with Crippen LogP contribution in [0.5, 0.6) is 0 Å². The van der Waals surface area contributed by atoms with Crippen LogP contribution in [0, 0.1) is 40.9 Å². The third-order valence-corrected chi connectivity index (χ3v) is 8.89. The largest absolute Gasteiger partial charge is 0.393 e. The van der Waals surface area contributed by atoms with Crippen LogP contribution >= 0.6 is 0 Å². The summed E-state index contributed by atoms with van der Waals surface area (Å²) in [5.74, 6) is 4.85. The first-order chi connectivity index (χ1) is 10.8. The molecule has 0 aromatic rings. The van der Waals surface area contributed by atoms with Gasteiger partial charge in [0.15, 0.2) is 0 Å². The molecule has 0 radical (unpaired) electrons. The summed E-state index contributed by atoms with van der Waals surface area (Å²) in [5.41, 5.74) is -0.00963. The second kappa shape index (κ2) is 5.46. The van der Waals surface area contributed by atoms with Gasteiger partial charge in [0.05, 0.1) is 11.7 Å². The Labute approximate surface area is 142 Å². The van der Waals surface area contributed by atoms with E-state index in [2.05, 4.69) is 13.8 Å². The second-order valence-electron chi connectivity index (χ2n) is 10.1. The second-order valence-corrected chi connectivity index (χ2v) is 10.1. The standard InChI is InChI=1S/C21H36O2/c1-13(22)18-6-7-19-17-5-4-14-12-20(2,23)10-8-15(14)16(17)9-11-21(18,19)3/h13-19,22-23H,4-12H2,1-3H3/t13?,14-,15+,16-,17-,18-,19+,20+,21-/m1/s1. The quantitative estimate of drug-likeness (QED) is 0.752. The number of fused-ring (bicyclic) bond motifs is 5. The van der Waals surface area contributed by atoms with E-state index in [9.17, 15) is 10.2 Å². The van der Waals surface area contributed by atoms with Crippen LogP contribution < -0.4 is 0 Å². The maximum absolute atomic E-state index is 10.5. The predicted molar refractivity (Wildman–Crippen MR) is 92.9 cm³/mol. The van der Waals surface area contributed by atoms with E-state index in [1.807, 2.05) is 6.92 Å². The molecule has 0 amide bonds. The Hall–Kier alpha value is -0.0800. The van der Waals surface area contributed by atoms with Crippen LogP contribution in [0.2, 0.25) is 0 Å². The molecule has 0 heterocycles. The molecule has 4 rings (SSSR count). The highest BCUT2D eigenvalue weighted by Gasteiger charge is 2.58. The van der Waals surface area contributed by atoms with Gasteiger partial charge in [0, 0.05) is 0 Å². The normalized spacial score (nSPS) is 57.3. The Morgan fingerprint density at radius 2 is 1.61 bits per heavy atom. The van der Waals surface area contributed by atoms with Crippen molar-refractivity contribution >= 4 is 0 Å². The molecule has 0 aromatic heterocycles. The van der Waals surface area contributed by atoms with Crippen LogP contribution in [0.4, 0.5) is 0 Å². The number of aliphatic hydroxyl groups is 2. The third-order valence-electron chi connectivity index (χ3n) is 8.89. The molecule has 23 heavy (non-hydrogen) atoms. The Kier molecular flexibility index (Phi) is 3.89. The first kappa shape index (κ1) is 16.4. The number of aliphatic hydroxyl groups excluding tert-OH is 1. The minimum absolute atomic E-state index is 0.136. The Balaban J connectivity index is 1.54. The van der Waals surface area contributed by atoms with E-state index in [1.165, 1.54) is 44.9 Å². The average Bonchev–Trinajstić information content (AvgIpc) is 2.83. The molecule has 0 saturated heterocycles. The van der Waals surface area contributed by atoms with Crippen molar-refractivity contribution in [3.63, 3.8) is 0 Å². The van der Waals surface area contributed by atoms with Gasteiger partial charge in [0.2, 0.25) is 0 Å². The fraction of sp³-hybridized carbons (Fsp3) is 1.00. The van der Waals surface area contributed by atoms with Gasteiger partial charge < -0.3 is 10.2 Å². The highest BCUT2D eigenvalue weighted by molar-refractivity contribution is 5.07. The summed E-state index contributed by atoms with van der Waals surface area (Å²) in [5, 5.41) is 20.7. The molecule has 0 spiro atoms. The van der Waals surface area contributed by atoms with E-state index in [4.69, 9.17) is 0 Å². The van der Waals surface area contributed by atoms with E-state index in [0.29, 0.717) is 11.3 Å². The number of rotatable bonds is 1. The molecule has 2 N–H and O–H groups in total. The van der Waals surface area contributed by atoms with Crippen LogP contribution in [0.15, 0.2) is 0 Å². The summed E-state index contributed by atoms with van der Waals surface area (Å²) in [6, 6.07) is 0. The van der Waals surface area contributed by atoms with Crippen molar-refractivity contribution in [3.05, 3.63) is 0 Å². The maximum atomic E-state index is 10.5. The van der Waals surface area contributed by atoms with Crippen LogP contribution in [0.1, 0.15) is 78.6 Å². The lowest BCUT2D eigenvalue weighted by atomic mass is 9.49. The highest BCUT2D eigenvalue weighted by atomic mass is 16.3. The summed E-state index contributed by atoms with van der Waals surface area (Å²) in [4.78, 5) is 0. The molecule has 132 valence electrons. The molecule has 0 aromatic carbocycles. The van der Waals surface area contributed by atoms with Gasteiger partial charge in [-0.25, -0.2) is 0 Å². The summed E-state index contributed by atoms with van der Waals surface area (Å²) < 4.78 is 0. The molecule has 9 atom stereocenters. The molecule has 0 aliphatic heterocycles. The van der Waals surface area contributed by atoms with Crippen molar-refractivity contribution in [2.24, 2.45) is 40.9 Å². The highest BCUT2D eigenvalue weighted by Crippen LogP contribution is 2.65. The van der Waals surface area contributed by atoms with Crippen molar-refractivity contribution in [1.82, 2.24) is 0 Å². The SMILES string of the molecule is CC(O)[C@H]1CC[C@H]2[C@@H]3CC[C@@H]4C[C@@](C)(O)CC[C@@H]4[C@H]3CC[C@]12C. The summed E-state index contributed by atoms with van der Waals surface area (Å²) in [7, 11) is 0. The van der Waals surface area contributed by atoms with Crippen molar-refractivity contribution in [3.8, 4) is 0 Å². The molecule has 1 unspecified atom stereocenters. The van der Waals surface area contributed by atoms with Gasteiger partial charge in [-0.1, -0.05) is 6.92 Å².